The molecule has 0 unspecified atom stereocenters. The molecule has 10 nitrogen and oxygen atoms in total. The molecule has 2 amide bonds. The van der Waals surface area contributed by atoms with Gasteiger partial charge in [-0.25, -0.2) is 4.98 Å². The third-order valence-corrected chi connectivity index (χ3v) is 6.18. The van der Waals surface area contributed by atoms with Gasteiger partial charge in [0.15, 0.2) is 17.3 Å². The summed E-state index contributed by atoms with van der Waals surface area (Å²) < 4.78 is 21.3. The quantitative estimate of drug-likeness (QED) is 0.563. The van der Waals surface area contributed by atoms with Gasteiger partial charge in [0.05, 0.1) is 25.5 Å². The first kappa shape index (κ1) is 23.3. The first-order valence-corrected chi connectivity index (χ1v) is 11.5. The van der Waals surface area contributed by atoms with Gasteiger partial charge in [0.1, 0.15) is 11.5 Å². The number of ether oxygens (including phenoxy) is 4. The van der Waals surface area contributed by atoms with Gasteiger partial charge in [-0.05, 0) is 42.5 Å². The number of pyridine rings is 1. The molecule has 5 rings (SSSR count). The molecule has 186 valence electrons. The Balaban J connectivity index is 1.26. The lowest BCUT2D eigenvalue weighted by Gasteiger charge is -2.36. The summed E-state index contributed by atoms with van der Waals surface area (Å²) in [4.78, 5) is 34.4. The number of piperazine rings is 1. The van der Waals surface area contributed by atoms with E-state index in [-0.39, 0.29) is 18.6 Å². The van der Waals surface area contributed by atoms with Crippen molar-refractivity contribution >= 4 is 23.3 Å². The molecular weight excluding hydrogens is 464 g/mol. The lowest BCUT2D eigenvalue weighted by molar-refractivity contribution is 0.0743. The Kier molecular flexibility index (Phi) is 6.48. The molecule has 0 spiro atoms. The minimum absolute atomic E-state index is 0.105. The maximum Gasteiger partial charge on any atom is 0.257 e. The Morgan fingerprint density at radius 3 is 2.53 bits per heavy atom. The van der Waals surface area contributed by atoms with Crippen LogP contribution in [-0.4, -0.2) is 68.9 Å². The molecule has 3 heterocycles. The van der Waals surface area contributed by atoms with Crippen molar-refractivity contribution in [2.24, 2.45) is 0 Å². The number of methoxy groups -OCH3 is 2. The van der Waals surface area contributed by atoms with Crippen LogP contribution in [0.1, 0.15) is 20.7 Å². The Hall–Kier alpha value is -4.47. The molecular formula is C26H26N4O6. The molecule has 0 saturated carbocycles. The van der Waals surface area contributed by atoms with Crippen LogP contribution in [0.15, 0.2) is 54.7 Å². The molecule has 2 aliphatic heterocycles. The van der Waals surface area contributed by atoms with Gasteiger partial charge in [0.25, 0.3) is 11.8 Å². The van der Waals surface area contributed by atoms with Crippen LogP contribution in [0.25, 0.3) is 0 Å². The van der Waals surface area contributed by atoms with Crippen LogP contribution in [-0.2, 0) is 0 Å². The van der Waals surface area contributed by atoms with E-state index in [0.717, 1.165) is 0 Å². The fraction of sp³-hybridized carbons (Fsp3) is 0.269. The van der Waals surface area contributed by atoms with Gasteiger partial charge in [-0.1, -0.05) is 0 Å². The topological polar surface area (TPSA) is 102 Å². The lowest BCUT2D eigenvalue weighted by Crippen LogP contribution is -2.49. The van der Waals surface area contributed by atoms with Gasteiger partial charge in [-0.15, -0.1) is 0 Å². The van der Waals surface area contributed by atoms with E-state index in [1.807, 2.05) is 6.07 Å². The molecule has 10 heteroatoms. The highest BCUT2D eigenvalue weighted by molar-refractivity contribution is 6.06. The van der Waals surface area contributed by atoms with Crippen LogP contribution in [0.3, 0.4) is 0 Å². The summed E-state index contributed by atoms with van der Waals surface area (Å²) in [6.45, 7) is 2.27. The molecule has 2 aromatic carbocycles. The number of carbonyl (C=O) groups is 2. The third-order valence-electron chi connectivity index (χ3n) is 6.18. The van der Waals surface area contributed by atoms with Gasteiger partial charge in [-0.2, -0.15) is 0 Å². The van der Waals surface area contributed by atoms with Crippen molar-refractivity contribution < 1.29 is 28.5 Å². The van der Waals surface area contributed by atoms with E-state index in [4.69, 9.17) is 18.9 Å². The number of benzene rings is 2. The zero-order valence-electron chi connectivity index (χ0n) is 20.0. The monoisotopic (exact) mass is 490 g/mol. The average Bonchev–Trinajstić information content (AvgIpc) is 3.41. The minimum Gasteiger partial charge on any atom is -0.497 e. The highest BCUT2D eigenvalue weighted by Gasteiger charge is 2.26. The fourth-order valence-electron chi connectivity index (χ4n) is 4.25. The molecule has 0 aliphatic carbocycles. The van der Waals surface area contributed by atoms with Crippen LogP contribution in [0.4, 0.5) is 11.5 Å². The van der Waals surface area contributed by atoms with E-state index in [2.05, 4.69) is 15.2 Å². The second-order valence-electron chi connectivity index (χ2n) is 8.24. The van der Waals surface area contributed by atoms with Crippen LogP contribution < -0.4 is 29.2 Å². The largest absolute Gasteiger partial charge is 0.497 e. The number of nitrogens with one attached hydrogen (secondary N) is 1. The first-order chi connectivity index (χ1) is 17.6. The normalized spacial score (nSPS) is 14.4. The lowest BCUT2D eigenvalue weighted by atomic mass is 10.1. The van der Waals surface area contributed by atoms with Crippen molar-refractivity contribution in [3.8, 4) is 23.0 Å². The predicted octanol–water partition coefficient (Wildman–Crippen LogP) is 3.04. The number of hydrogen-bond acceptors (Lipinski definition) is 8. The van der Waals surface area contributed by atoms with Gasteiger partial charge in [-0.3, -0.25) is 9.59 Å². The summed E-state index contributed by atoms with van der Waals surface area (Å²) in [7, 11) is 3.10. The number of fused-ring (bicyclic) bond motifs is 1. The van der Waals surface area contributed by atoms with Crippen LogP contribution >= 0.6 is 0 Å². The van der Waals surface area contributed by atoms with E-state index in [1.54, 1.807) is 60.7 Å². The molecule has 36 heavy (non-hydrogen) atoms. The molecule has 3 aromatic rings. The molecule has 2 aliphatic rings. The summed E-state index contributed by atoms with van der Waals surface area (Å²) in [5, 5.41) is 2.95. The minimum atomic E-state index is -0.275. The number of nitrogens with zero attached hydrogens (tertiary/aromatic N) is 3. The summed E-state index contributed by atoms with van der Waals surface area (Å²) >= 11 is 0. The zero-order chi connectivity index (χ0) is 25.1. The molecule has 0 bridgehead atoms. The summed E-state index contributed by atoms with van der Waals surface area (Å²) in [5.74, 6) is 2.53. The smallest absolute Gasteiger partial charge is 0.257 e. The van der Waals surface area contributed by atoms with Gasteiger partial charge in [0, 0.05) is 44.0 Å². The van der Waals surface area contributed by atoms with E-state index in [9.17, 15) is 9.59 Å². The van der Waals surface area contributed by atoms with Gasteiger partial charge < -0.3 is 34.1 Å². The van der Waals surface area contributed by atoms with E-state index in [0.29, 0.717) is 71.8 Å². The summed E-state index contributed by atoms with van der Waals surface area (Å²) in [6, 6.07) is 13.8. The fourth-order valence-corrected chi connectivity index (χ4v) is 4.25. The third kappa shape index (κ3) is 4.57. The zero-order valence-corrected chi connectivity index (χ0v) is 20.0. The Labute approximate surface area is 208 Å². The Morgan fingerprint density at radius 2 is 1.75 bits per heavy atom. The average molecular weight is 491 g/mol. The van der Waals surface area contributed by atoms with Crippen molar-refractivity contribution in [3.63, 3.8) is 0 Å². The second-order valence-corrected chi connectivity index (χ2v) is 8.24. The van der Waals surface area contributed by atoms with Crippen molar-refractivity contribution in [2.45, 2.75) is 0 Å². The SMILES string of the molecule is COc1ccc(C(=O)N2CCN(c3ncccc3NC(=O)c3ccc4c(c3)OCO4)CC2)c(OC)c1. The standard InChI is InChI=1S/C26H26N4O6/c1-33-18-6-7-19(22(15-18)34-2)26(32)30-12-10-29(11-13-30)24-20(4-3-9-27-24)28-25(31)17-5-8-21-23(14-17)36-16-35-21/h3-9,14-15H,10-13,16H2,1-2H3,(H,28,31). The Morgan fingerprint density at radius 1 is 0.944 bits per heavy atom. The van der Waals surface area contributed by atoms with Crippen LogP contribution in [0.5, 0.6) is 23.0 Å². The number of carbonyl (C=O) groups excluding carboxylic acids is 2. The first-order valence-electron chi connectivity index (χ1n) is 11.5. The maximum atomic E-state index is 13.2. The Bertz CT molecular complexity index is 1290. The number of amides is 2. The number of rotatable bonds is 6. The van der Waals surface area contributed by atoms with Crippen molar-refractivity contribution in [2.75, 3.05) is 57.4 Å². The van der Waals surface area contributed by atoms with Crippen molar-refractivity contribution in [1.82, 2.24) is 9.88 Å². The molecule has 1 N–H and O–H groups in total. The highest BCUT2D eigenvalue weighted by atomic mass is 16.7. The maximum absolute atomic E-state index is 13.2. The van der Waals surface area contributed by atoms with Crippen LogP contribution in [0, 0.1) is 0 Å². The van der Waals surface area contributed by atoms with E-state index in [1.165, 1.54) is 7.11 Å². The van der Waals surface area contributed by atoms with E-state index < -0.39 is 0 Å². The van der Waals surface area contributed by atoms with E-state index >= 15 is 0 Å². The van der Waals surface area contributed by atoms with Gasteiger partial charge in [0.2, 0.25) is 6.79 Å². The number of hydrogen-bond donors (Lipinski definition) is 1. The molecule has 1 saturated heterocycles. The number of aromatic nitrogens is 1. The van der Waals surface area contributed by atoms with Crippen molar-refractivity contribution in [1.29, 1.82) is 0 Å². The molecule has 1 fully saturated rings. The summed E-state index contributed by atoms with van der Waals surface area (Å²) in [6.07, 6.45) is 1.69. The van der Waals surface area contributed by atoms with Gasteiger partial charge >= 0.3 is 0 Å². The molecule has 0 atom stereocenters. The number of anilines is 2. The molecule has 0 radical (unpaired) electrons. The summed E-state index contributed by atoms with van der Waals surface area (Å²) in [5.41, 5.74) is 1.54. The predicted molar refractivity (Wildman–Crippen MR) is 132 cm³/mol. The van der Waals surface area contributed by atoms with Crippen LogP contribution in [0.2, 0.25) is 0 Å². The second kappa shape index (κ2) is 10.0. The van der Waals surface area contributed by atoms with Crippen molar-refractivity contribution in [3.05, 3.63) is 65.9 Å². The highest BCUT2D eigenvalue weighted by Crippen LogP contribution is 2.33. The molecule has 1 aromatic heterocycles.